The molecule has 0 spiro atoms. The molecule has 0 bridgehead atoms. The second kappa shape index (κ2) is 5.23. The van der Waals surface area contributed by atoms with E-state index in [9.17, 15) is 5.11 Å². The van der Waals surface area contributed by atoms with Crippen molar-refractivity contribution in [2.24, 2.45) is 0 Å². The Balaban J connectivity index is 1.88. The summed E-state index contributed by atoms with van der Waals surface area (Å²) in [6, 6.07) is 0. The minimum atomic E-state index is -0.117. The fraction of sp³-hybridized carbons (Fsp3) is 0.636. The molecule has 1 aliphatic rings. The lowest BCUT2D eigenvalue weighted by molar-refractivity contribution is 0.0786. The number of likely N-dealkylation sites (tertiary alicyclic amines) is 1. The third-order valence-electron chi connectivity index (χ3n) is 2.90. The Morgan fingerprint density at radius 3 is 2.69 bits per heavy atom. The summed E-state index contributed by atoms with van der Waals surface area (Å²) >= 11 is 0. The SMILES string of the molecule is CNc1cnc(CN2CCC(O)CC2)cn1. The molecule has 0 unspecified atom stereocenters. The van der Waals surface area contributed by atoms with Gasteiger partial charge in [0.05, 0.1) is 24.2 Å². The van der Waals surface area contributed by atoms with Gasteiger partial charge in [-0.3, -0.25) is 9.88 Å². The molecule has 16 heavy (non-hydrogen) atoms. The Kier molecular flexibility index (Phi) is 3.69. The van der Waals surface area contributed by atoms with E-state index in [1.165, 1.54) is 0 Å². The number of piperidine rings is 1. The van der Waals surface area contributed by atoms with E-state index >= 15 is 0 Å². The van der Waals surface area contributed by atoms with Gasteiger partial charge in [0, 0.05) is 26.7 Å². The third kappa shape index (κ3) is 2.90. The zero-order valence-electron chi connectivity index (χ0n) is 9.56. The lowest BCUT2D eigenvalue weighted by Gasteiger charge is -2.28. The molecule has 0 radical (unpaired) electrons. The maximum Gasteiger partial charge on any atom is 0.144 e. The summed E-state index contributed by atoms with van der Waals surface area (Å²) in [6.45, 7) is 2.71. The van der Waals surface area contributed by atoms with Crippen molar-refractivity contribution in [1.29, 1.82) is 0 Å². The summed E-state index contributed by atoms with van der Waals surface area (Å²) in [5, 5.41) is 12.3. The van der Waals surface area contributed by atoms with Crippen LogP contribution in [0.4, 0.5) is 5.82 Å². The van der Waals surface area contributed by atoms with Gasteiger partial charge in [-0.25, -0.2) is 4.98 Å². The molecule has 1 fully saturated rings. The maximum absolute atomic E-state index is 9.40. The Morgan fingerprint density at radius 1 is 1.38 bits per heavy atom. The molecule has 5 nitrogen and oxygen atoms in total. The number of aliphatic hydroxyl groups excluding tert-OH is 1. The second-order valence-corrected chi connectivity index (χ2v) is 4.15. The van der Waals surface area contributed by atoms with E-state index in [0.717, 1.165) is 44.0 Å². The molecule has 2 heterocycles. The third-order valence-corrected chi connectivity index (χ3v) is 2.90. The number of hydrogen-bond acceptors (Lipinski definition) is 5. The largest absolute Gasteiger partial charge is 0.393 e. The van der Waals surface area contributed by atoms with E-state index in [1.807, 2.05) is 7.05 Å². The van der Waals surface area contributed by atoms with Crippen LogP contribution in [0.25, 0.3) is 0 Å². The summed E-state index contributed by atoms with van der Waals surface area (Å²) in [6.07, 6.45) is 5.16. The van der Waals surface area contributed by atoms with Gasteiger partial charge < -0.3 is 10.4 Å². The van der Waals surface area contributed by atoms with Gasteiger partial charge in [-0.15, -0.1) is 0 Å². The molecule has 5 heteroatoms. The number of nitrogens with zero attached hydrogens (tertiary/aromatic N) is 3. The number of anilines is 1. The van der Waals surface area contributed by atoms with Gasteiger partial charge in [-0.1, -0.05) is 0 Å². The van der Waals surface area contributed by atoms with Crippen LogP contribution in [0.1, 0.15) is 18.5 Å². The van der Waals surface area contributed by atoms with Crippen molar-refractivity contribution in [3.63, 3.8) is 0 Å². The number of aliphatic hydroxyl groups is 1. The average molecular weight is 222 g/mol. The van der Waals surface area contributed by atoms with Crippen LogP contribution in [0, 0.1) is 0 Å². The van der Waals surface area contributed by atoms with Gasteiger partial charge in [0.1, 0.15) is 5.82 Å². The van der Waals surface area contributed by atoms with Crippen molar-refractivity contribution in [2.45, 2.75) is 25.5 Å². The first-order valence-electron chi connectivity index (χ1n) is 5.67. The lowest BCUT2D eigenvalue weighted by Crippen LogP contribution is -2.35. The first-order valence-corrected chi connectivity index (χ1v) is 5.67. The van der Waals surface area contributed by atoms with Crippen LogP contribution in [0.5, 0.6) is 0 Å². The van der Waals surface area contributed by atoms with E-state index in [1.54, 1.807) is 12.4 Å². The first kappa shape index (κ1) is 11.3. The standard InChI is InChI=1S/C11H18N4O/c1-12-11-7-13-9(6-14-11)8-15-4-2-10(16)3-5-15/h6-7,10,16H,2-5,8H2,1H3,(H,12,14). The predicted octanol–water partition coefficient (Wildman–Crippen LogP) is 0.475. The van der Waals surface area contributed by atoms with Gasteiger partial charge in [0.15, 0.2) is 0 Å². The topological polar surface area (TPSA) is 61.3 Å². The molecule has 0 amide bonds. The highest BCUT2D eigenvalue weighted by atomic mass is 16.3. The van der Waals surface area contributed by atoms with Crippen LogP contribution in [-0.4, -0.2) is 46.2 Å². The van der Waals surface area contributed by atoms with Gasteiger partial charge in [0.25, 0.3) is 0 Å². The monoisotopic (exact) mass is 222 g/mol. The number of hydrogen-bond donors (Lipinski definition) is 2. The van der Waals surface area contributed by atoms with Gasteiger partial charge in [0.2, 0.25) is 0 Å². The van der Waals surface area contributed by atoms with E-state index in [4.69, 9.17) is 0 Å². The number of nitrogens with one attached hydrogen (secondary N) is 1. The van der Waals surface area contributed by atoms with Crippen molar-refractivity contribution in [3.8, 4) is 0 Å². The summed E-state index contributed by atoms with van der Waals surface area (Å²) in [7, 11) is 1.83. The fourth-order valence-corrected chi connectivity index (χ4v) is 1.87. The van der Waals surface area contributed by atoms with Crippen LogP contribution in [0.3, 0.4) is 0 Å². The number of rotatable bonds is 3. The van der Waals surface area contributed by atoms with Crippen molar-refractivity contribution in [1.82, 2.24) is 14.9 Å². The molecule has 2 rings (SSSR count). The molecule has 1 aromatic rings. The molecule has 88 valence electrons. The van der Waals surface area contributed by atoms with Crippen LogP contribution in [-0.2, 0) is 6.54 Å². The molecular formula is C11H18N4O. The lowest BCUT2D eigenvalue weighted by atomic mass is 10.1. The van der Waals surface area contributed by atoms with Crippen LogP contribution < -0.4 is 5.32 Å². The summed E-state index contributed by atoms with van der Waals surface area (Å²) in [5.41, 5.74) is 0.982. The fourth-order valence-electron chi connectivity index (χ4n) is 1.87. The minimum Gasteiger partial charge on any atom is -0.393 e. The summed E-state index contributed by atoms with van der Waals surface area (Å²) < 4.78 is 0. The zero-order valence-corrected chi connectivity index (χ0v) is 9.56. The molecule has 1 aliphatic heterocycles. The van der Waals surface area contributed by atoms with Gasteiger partial charge in [-0.2, -0.15) is 0 Å². The zero-order chi connectivity index (χ0) is 11.4. The van der Waals surface area contributed by atoms with E-state index in [0.29, 0.717) is 0 Å². The van der Waals surface area contributed by atoms with Crippen LogP contribution in [0.2, 0.25) is 0 Å². The predicted molar refractivity (Wildman–Crippen MR) is 62.1 cm³/mol. The highest BCUT2D eigenvalue weighted by Gasteiger charge is 2.17. The van der Waals surface area contributed by atoms with Crippen LogP contribution >= 0.6 is 0 Å². The Bertz CT molecular complexity index is 319. The molecule has 1 aromatic heterocycles. The second-order valence-electron chi connectivity index (χ2n) is 4.15. The van der Waals surface area contributed by atoms with Crippen molar-refractivity contribution in [3.05, 3.63) is 18.1 Å². The van der Waals surface area contributed by atoms with Crippen LogP contribution in [0.15, 0.2) is 12.4 Å². The van der Waals surface area contributed by atoms with Crippen molar-refractivity contribution >= 4 is 5.82 Å². The van der Waals surface area contributed by atoms with Gasteiger partial charge in [-0.05, 0) is 12.8 Å². The molecule has 0 atom stereocenters. The Labute approximate surface area is 95.5 Å². The van der Waals surface area contributed by atoms with E-state index in [2.05, 4.69) is 20.2 Å². The van der Waals surface area contributed by atoms with Gasteiger partial charge >= 0.3 is 0 Å². The van der Waals surface area contributed by atoms with E-state index < -0.39 is 0 Å². The minimum absolute atomic E-state index is 0.117. The Morgan fingerprint density at radius 2 is 2.12 bits per heavy atom. The summed E-state index contributed by atoms with van der Waals surface area (Å²) in [5.74, 6) is 0.790. The molecule has 2 N–H and O–H groups in total. The quantitative estimate of drug-likeness (QED) is 0.778. The summed E-state index contributed by atoms with van der Waals surface area (Å²) in [4.78, 5) is 10.9. The molecule has 0 aliphatic carbocycles. The molecule has 1 saturated heterocycles. The average Bonchev–Trinajstić information content (AvgIpc) is 2.33. The normalized spacial score (nSPS) is 18.6. The highest BCUT2D eigenvalue weighted by Crippen LogP contribution is 2.12. The smallest absolute Gasteiger partial charge is 0.144 e. The van der Waals surface area contributed by atoms with Crippen molar-refractivity contribution in [2.75, 3.05) is 25.5 Å². The van der Waals surface area contributed by atoms with E-state index in [-0.39, 0.29) is 6.10 Å². The molecular weight excluding hydrogens is 204 g/mol. The Hall–Kier alpha value is -1.20. The van der Waals surface area contributed by atoms with Crippen molar-refractivity contribution < 1.29 is 5.11 Å². The molecule has 0 aromatic carbocycles. The first-order chi connectivity index (χ1) is 7.78. The highest BCUT2D eigenvalue weighted by molar-refractivity contribution is 5.29. The molecule has 0 saturated carbocycles. The number of aromatic nitrogens is 2. The maximum atomic E-state index is 9.40.